The van der Waals surface area contributed by atoms with Gasteiger partial charge < -0.3 is 20.2 Å². The van der Waals surface area contributed by atoms with Gasteiger partial charge in [-0.25, -0.2) is 0 Å². The first-order valence-electron chi connectivity index (χ1n) is 8.24. The number of unbranched alkanes of at least 4 members (excludes halogenated alkanes) is 5. The van der Waals surface area contributed by atoms with Gasteiger partial charge in [0.15, 0.2) is 0 Å². The number of hydrogen-bond donors (Lipinski definition) is 1. The number of fused-ring (bicyclic) bond motifs is 1. The normalized spacial score (nSPS) is 16.5. The zero-order valence-electron chi connectivity index (χ0n) is 13.5. The Morgan fingerprint density at radius 3 is 2.91 bits per heavy atom. The zero-order chi connectivity index (χ0) is 16.7. The molecule has 0 fully saturated rings. The molecule has 0 saturated carbocycles. The van der Waals surface area contributed by atoms with Crippen LogP contribution in [0.5, 0.6) is 6.01 Å². The van der Waals surface area contributed by atoms with Gasteiger partial charge in [0.2, 0.25) is 5.91 Å². The molecule has 0 unspecified atom stereocenters. The van der Waals surface area contributed by atoms with Gasteiger partial charge in [-0.15, -0.1) is 0 Å². The highest BCUT2D eigenvalue weighted by molar-refractivity contribution is 5.76. The molecule has 0 spiro atoms. The Kier molecular flexibility index (Phi) is 6.37. The van der Waals surface area contributed by atoms with Crippen molar-refractivity contribution in [2.75, 3.05) is 6.61 Å². The van der Waals surface area contributed by atoms with Gasteiger partial charge in [-0.1, -0.05) is 39.0 Å². The van der Waals surface area contributed by atoms with E-state index in [0.717, 1.165) is 12.8 Å². The van der Waals surface area contributed by atoms with E-state index in [0.29, 0.717) is 13.0 Å². The number of nitrogens with zero attached hydrogens (tertiary/aromatic N) is 3. The lowest BCUT2D eigenvalue weighted by Crippen LogP contribution is -2.44. The largest absolute Gasteiger partial charge is 0.444 e. The van der Waals surface area contributed by atoms with Crippen molar-refractivity contribution in [1.29, 1.82) is 0 Å². The molecular formula is C15H24N4O4. The molecule has 0 saturated heterocycles. The number of carbonyl (C=O) groups excluding carboxylic acids is 1. The summed E-state index contributed by atoms with van der Waals surface area (Å²) in [6.07, 6.45) is 8.70. The van der Waals surface area contributed by atoms with Crippen LogP contribution in [0.2, 0.25) is 0 Å². The van der Waals surface area contributed by atoms with Crippen LogP contribution in [-0.4, -0.2) is 33.0 Å². The third kappa shape index (κ3) is 5.22. The third-order valence-electron chi connectivity index (χ3n) is 3.87. The van der Waals surface area contributed by atoms with Crippen molar-refractivity contribution in [2.24, 2.45) is 0 Å². The zero-order valence-corrected chi connectivity index (χ0v) is 13.5. The summed E-state index contributed by atoms with van der Waals surface area (Å²) in [4.78, 5) is 25.8. The summed E-state index contributed by atoms with van der Waals surface area (Å²) in [5.41, 5.74) is 0. The van der Waals surface area contributed by atoms with Gasteiger partial charge in [0.25, 0.3) is 0 Å². The van der Waals surface area contributed by atoms with Gasteiger partial charge in [-0.2, -0.15) is 0 Å². The van der Waals surface area contributed by atoms with Crippen LogP contribution in [0.3, 0.4) is 0 Å². The fourth-order valence-electron chi connectivity index (χ4n) is 2.64. The number of carbonyl (C=O) groups is 1. The van der Waals surface area contributed by atoms with E-state index < -0.39 is 4.92 Å². The number of aromatic nitrogens is 2. The molecule has 128 valence electrons. The number of nitrogens with one attached hydrogen (secondary N) is 1. The standard InChI is InChI=1S/C15H24N4O4/c1-2-3-4-5-6-7-8-14(20)16-12-9-18-10-13(19(21)22)17-15(18)23-11-12/h10,12H,2-9,11H2,1H3,(H,16,20)/t12-/m0/s1. The summed E-state index contributed by atoms with van der Waals surface area (Å²) < 4.78 is 6.94. The van der Waals surface area contributed by atoms with E-state index in [1.54, 1.807) is 4.57 Å². The Hall–Kier alpha value is -2.12. The topological polar surface area (TPSA) is 99.3 Å². The number of hydrogen-bond acceptors (Lipinski definition) is 5. The fraction of sp³-hybridized carbons (Fsp3) is 0.733. The highest BCUT2D eigenvalue weighted by Gasteiger charge is 2.28. The summed E-state index contributed by atoms with van der Waals surface area (Å²) in [7, 11) is 0. The molecule has 1 aromatic rings. The van der Waals surface area contributed by atoms with Crippen LogP contribution in [0.25, 0.3) is 0 Å². The minimum atomic E-state index is -0.555. The maximum atomic E-state index is 11.9. The molecule has 1 N–H and O–H groups in total. The molecule has 1 aromatic heterocycles. The maximum Gasteiger partial charge on any atom is 0.414 e. The number of amides is 1. The molecule has 0 aliphatic carbocycles. The van der Waals surface area contributed by atoms with Gasteiger partial charge in [-0.3, -0.25) is 9.36 Å². The van der Waals surface area contributed by atoms with E-state index in [2.05, 4.69) is 17.2 Å². The van der Waals surface area contributed by atoms with E-state index >= 15 is 0 Å². The quantitative estimate of drug-likeness (QED) is 0.427. The molecule has 1 aliphatic heterocycles. The summed E-state index contributed by atoms with van der Waals surface area (Å²) in [5.74, 6) is -0.230. The van der Waals surface area contributed by atoms with Crippen molar-refractivity contribution in [1.82, 2.24) is 14.9 Å². The first kappa shape index (κ1) is 17.2. The van der Waals surface area contributed by atoms with Gasteiger partial charge in [0.1, 0.15) is 12.8 Å². The van der Waals surface area contributed by atoms with Gasteiger partial charge in [-0.05, 0) is 11.3 Å². The van der Waals surface area contributed by atoms with E-state index in [9.17, 15) is 14.9 Å². The number of rotatable bonds is 9. The third-order valence-corrected chi connectivity index (χ3v) is 3.87. The number of nitro groups is 1. The molecule has 2 rings (SSSR count). The lowest BCUT2D eigenvalue weighted by Gasteiger charge is -2.23. The lowest BCUT2D eigenvalue weighted by molar-refractivity contribution is -0.389. The lowest BCUT2D eigenvalue weighted by atomic mass is 10.1. The molecule has 1 amide bonds. The monoisotopic (exact) mass is 324 g/mol. The van der Waals surface area contributed by atoms with Crippen LogP contribution in [-0.2, 0) is 11.3 Å². The summed E-state index contributed by atoms with van der Waals surface area (Å²) in [6.45, 7) is 2.91. The summed E-state index contributed by atoms with van der Waals surface area (Å²) >= 11 is 0. The van der Waals surface area contributed by atoms with Crippen LogP contribution in [0.15, 0.2) is 6.20 Å². The molecule has 1 aliphatic rings. The van der Waals surface area contributed by atoms with Crippen LogP contribution in [0.4, 0.5) is 5.82 Å². The fourth-order valence-corrected chi connectivity index (χ4v) is 2.64. The van der Waals surface area contributed by atoms with Crippen molar-refractivity contribution >= 4 is 11.7 Å². The Bertz CT molecular complexity index is 544. The first-order valence-corrected chi connectivity index (χ1v) is 8.24. The minimum Gasteiger partial charge on any atom is -0.444 e. The van der Waals surface area contributed by atoms with Crippen molar-refractivity contribution < 1.29 is 14.5 Å². The number of imidazole rings is 1. The van der Waals surface area contributed by atoms with Crippen molar-refractivity contribution in [3.8, 4) is 6.01 Å². The Labute approximate surface area is 135 Å². The first-order chi connectivity index (χ1) is 11.1. The van der Waals surface area contributed by atoms with Crippen LogP contribution < -0.4 is 10.1 Å². The average molecular weight is 324 g/mol. The highest BCUT2D eigenvalue weighted by Crippen LogP contribution is 2.21. The molecular weight excluding hydrogens is 300 g/mol. The molecule has 8 nitrogen and oxygen atoms in total. The van der Waals surface area contributed by atoms with E-state index in [1.165, 1.54) is 31.9 Å². The maximum absolute atomic E-state index is 11.9. The Morgan fingerprint density at radius 1 is 1.43 bits per heavy atom. The molecule has 0 bridgehead atoms. The predicted molar refractivity (Wildman–Crippen MR) is 84.3 cm³/mol. The second-order valence-corrected chi connectivity index (χ2v) is 5.88. The molecule has 23 heavy (non-hydrogen) atoms. The van der Waals surface area contributed by atoms with Crippen LogP contribution in [0, 0.1) is 10.1 Å². The Morgan fingerprint density at radius 2 is 2.17 bits per heavy atom. The molecule has 1 atom stereocenters. The molecule has 8 heteroatoms. The van der Waals surface area contributed by atoms with E-state index in [-0.39, 0.29) is 30.4 Å². The second kappa shape index (κ2) is 8.50. The summed E-state index contributed by atoms with van der Waals surface area (Å²) in [5, 5.41) is 13.6. The number of ether oxygens (including phenoxy) is 1. The van der Waals surface area contributed by atoms with Crippen LogP contribution in [0.1, 0.15) is 51.9 Å². The molecule has 0 aromatic carbocycles. The average Bonchev–Trinajstić information content (AvgIpc) is 2.94. The Balaban J connectivity index is 1.70. The highest BCUT2D eigenvalue weighted by atomic mass is 16.6. The molecule has 2 heterocycles. The van der Waals surface area contributed by atoms with E-state index in [4.69, 9.17) is 4.74 Å². The minimum absolute atomic E-state index is 0.00663. The van der Waals surface area contributed by atoms with Crippen LogP contribution >= 0.6 is 0 Å². The smallest absolute Gasteiger partial charge is 0.414 e. The SMILES string of the molecule is CCCCCCCCC(=O)N[C@@H]1COc2nc([N+](=O)[O-])cn2C1. The van der Waals surface area contributed by atoms with Crippen molar-refractivity contribution in [2.45, 2.75) is 64.5 Å². The van der Waals surface area contributed by atoms with Gasteiger partial charge in [0.05, 0.1) is 12.6 Å². The van der Waals surface area contributed by atoms with E-state index in [1.807, 2.05) is 0 Å². The van der Waals surface area contributed by atoms with Gasteiger partial charge in [0, 0.05) is 11.4 Å². The molecule has 0 radical (unpaired) electrons. The predicted octanol–water partition coefficient (Wildman–Crippen LogP) is 2.42. The summed E-state index contributed by atoms with van der Waals surface area (Å²) in [6, 6.07) is 0.0574. The van der Waals surface area contributed by atoms with Crippen molar-refractivity contribution in [3.63, 3.8) is 0 Å². The van der Waals surface area contributed by atoms with Gasteiger partial charge >= 0.3 is 11.8 Å². The second-order valence-electron chi connectivity index (χ2n) is 5.88. The van der Waals surface area contributed by atoms with Crippen molar-refractivity contribution in [3.05, 3.63) is 16.3 Å².